The second kappa shape index (κ2) is 6.59. The maximum Gasteiger partial charge on any atom is 0.407 e. The first kappa shape index (κ1) is 16.7. The van der Waals surface area contributed by atoms with Gasteiger partial charge in [0.1, 0.15) is 5.60 Å². The molecule has 122 valence electrons. The smallest absolute Gasteiger partial charge is 0.407 e. The lowest BCUT2D eigenvalue weighted by molar-refractivity contribution is 0.0475. The van der Waals surface area contributed by atoms with E-state index in [-0.39, 0.29) is 12.1 Å². The molecular weight excluding hydrogens is 276 g/mol. The fourth-order valence-electron chi connectivity index (χ4n) is 2.55. The van der Waals surface area contributed by atoms with Gasteiger partial charge in [0.05, 0.1) is 0 Å². The Hall–Kier alpha value is -1.71. The number of amides is 1. The maximum absolute atomic E-state index is 11.7. The SMILES string of the molecule is CC(C)c1cccc(NC2CC(NC(=O)OC(C)(C)C)C2)c1. The van der Waals surface area contributed by atoms with Gasteiger partial charge in [-0.1, -0.05) is 26.0 Å². The van der Waals surface area contributed by atoms with Gasteiger partial charge in [-0.15, -0.1) is 0 Å². The number of carbonyl (C=O) groups excluding carboxylic acids is 1. The molecule has 4 nitrogen and oxygen atoms in total. The van der Waals surface area contributed by atoms with E-state index in [9.17, 15) is 4.79 Å². The van der Waals surface area contributed by atoms with E-state index in [1.54, 1.807) is 0 Å². The molecule has 1 amide bonds. The van der Waals surface area contributed by atoms with E-state index in [0.717, 1.165) is 18.5 Å². The maximum atomic E-state index is 11.7. The van der Waals surface area contributed by atoms with Crippen LogP contribution in [0.2, 0.25) is 0 Å². The number of hydrogen-bond acceptors (Lipinski definition) is 3. The second-order valence-corrected chi connectivity index (χ2v) is 7.44. The molecule has 0 aliphatic heterocycles. The Bertz CT molecular complexity index is 514. The third-order valence-corrected chi connectivity index (χ3v) is 3.78. The van der Waals surface area contributed by atoms with Crippen molar-refractivity contribution in [2.75, 3.05) is 5.32 Å². The Labute approximate surface area is 133 Å². The van der Waals surface area contributed by atoms with Gasteiger partial charge in [0, 0.05) is 17.8 Å². The monoisotopic (exact) mass is 304 g/mol. The second-order valence-electron chi connectivity index (χ2n) is 7.44. The lowest BCUT2D eigenvalue weighted by Crippen LogP contribution is -2.50. The molecule has 2 N–H and O–H groups in total. The summed E-state index contributed by atoms with van der Waals surface area (Å²) in [7, 11) is 0. The van der Waals surface area contributed by atoms with Crippen molar-refractivity contribution in [3.05, 3.63) is 29.8 Å². The van der Waals surface area contributed by atoms with E-state index in [1.807, 2.05) is 20.8 Å². The largest absolute Gasteiger partial charge is 0.444 e. The van der Waals surface area contributed by atoms with Crippen molar-refractivity contribution in [1.82, 2.24) is 5.32 Å². The van der Waals surface area contributed by atoms with Gasteiger partial charge in [-0.2, -0.15) is 0 Å². The lowest BCUT2D eigenvalue weighted by atomic mass is 9.86. The van der Waals surface area contributed by atoms with Crippen LogP contribution in [0.3, 0.4) is 0 Å². The zero-order chi connectivity index (χ0) is 16.3. The van der Waals surface area contributed by atoms with Crippen molar-refractivity contribution in [2.45, 2.75) is 71.1 Å². The third kappa shape index (κ3) is 4.93. The van der Waals surface area contributed by atoms with E-state index < -0.39 is 5.60 Å². The first-order valence-corrected chi connectivity index (χ1v) is 8.09. The summed E-state index contributed by atoms with van der Waals surface area (Å²) in [6.45, 7) is 10.0. The van der Waals surface area contributed by atoms with Gasteiger partial charge in [0.15, 0.2) is 0 Å². The standard InChI is InChI=1S/C18H28N2O2/c1-12(2)13-7-6-8-14(9-13)19-15-10-16(11-15)20-17(21)22-18(3,4)5/h6-9,12,15-16,19H,10-11H2,1-5H3,(H,20,21). The Morgan fingerprint density at radius 2 is 1.91 bits per heavy atom. The third-order valence-electron chi connectivity index (χ3n) is 3.78. The Balaban J connectivity index is 1.75. The van der Waals surface area contributed by atoms with Crippen LogP contribution in [0.1, 0.15) is 58.9 Å². The quantitative estimate of drug-likeness (QED) is 0.873. The van der Waals surface area contributed by atoms with Crippen LogP contribution < -0.4 is 10.6 Å². The molecule has 1 aromatic rings. The fraction of sp³-hybridized carbons (Fsp3) is 0.611. The first-order chi connectivity index (χ1) is 10.2. The zero-order valence-electron chi connectivity index (χ0n) is 14.3. The molecule has 0 radical (unpaired) electrons. The molecule has 22 heavy (non-hydrogen) atoms. The average Bonchev–Trinajstić information content (AvgIpc) is 2.34. The predicted molar refractivity (Wildman–Crippen MR) is 90.3 cm³/mol. The van der Waals surface area contributed by atoms with Crippen LogP contribution in [0.25, 0.3) is 0 Å². The Kier molecular flexibility index (Phi) is 4.99. The van der Waals surface area contributed by atoms with Crippen molar-refractivity contribution in [3.63, 3.8) is 0 Å². The summed E-state index contributed by atoms with van der Waals surface area (Å²) in [5.41, 5.74) is 2.06. The molecule has 1 saturated carbocycles. The van der Waals surface area contributed by atoms with Crippen LogP contribution in [0.15, 0.2) is 24.3 Å². The summed E-state index contributed by atoms with van der Waals surface area (Å²) in [4.78, 5) is 11.7. The van der Waals surface area contributed by atoms with Gasteiger partial charge in [0.2, 0.25) is 0 Å². The van der Waals surface area contributed by atoms with Crippen LogP contribution in [-0.2, 0) is 4.74 Å². The summed E-state index contributed by atoms with van der Waals surface area (Å²) in [5.74, 6) is 0.532. The molecule has 0 atom stereocenters. The molecule has 1 aliphatic rings. The fourth-order valence-corrected chi connectivity index (χ4v) is 2.55. The van der Waals surface area contributed by atoms with Crippen LogP contribution in [0, 0.1) is 0 Å². The molecule has 0 unspecified atom stereocenters. The van der Waals surface area contributed by atoms with Gasteiger partial charge in [-0.3, -0.25) is 0 Å². The molecular formula is C18H28N2O2. The van der Waals surface area contributed by atoms with E-state index in [0.29, 0.717) is 12.0 Å². The van der Waals surface area contributed by atoms with Crippen molar-refractivity contribution in [1.29, 1.82) is 0 Å². The van der Waals surface area contributed by atoms with Gasteiger partial charge < -0.3 is 15.4 Å². The molecule has 2 rings (SSSR count). The number of carbonyl (C=O) groups is 1. The molecule has 0 bridgehead atoms. The number of ether oxygens (including phenoxy) is 1. The number of rotatable bonds is 4. The summed E-state index contributed by atoms with van der Waals surface area (Å²) in [6.07, 6.45) is 1.55. The highest BCUT2D eigenvalue weighted by molar-refractivity contribution is 5.68. The normalized spacial score (nSPS) is 21.2. The molecule has 0 saturated heterocycles. The first-order valence-electron chi connectivity index (χ1n) is 8.09. The van der Waals surface area contributed by atoms with Gasteiger partial charge in [-0.05, 0) is 57.2 Å². The van der Waals surface area contributed by atoms with Crippen molar-refractivity contribution in [2.24, 2.45) is 0 Å². The minimum absolute atomic E-state index is 0.209. The molecule has 0 heterocycles. The van der Waals surface area contributed by atoms with Crippen LogP contribution in [0.4, 0.5) is 10.5 Å². The average molecular weight is 304 g/mol. The van der Waals surface area contributed by atoms with E-state index >= 15 is 0 Å². The molecule has 1 aromatic carbocycles. The van der Waals surface area contributed by atoms with Crippen molar-refractivity contribution in [3.8, 4) is 0 Å². The van der Waals surface area contributed by atoms with Crippen LogP contribution in [0.5, 0.6) is 0 Å². The van der Waals surface area contributed by atoms with Crippen LogP contribution in [-0.4, -0.2) is 23.8 Å². The number of hydrogen-bond donors (Lipinski definition) is 2. The summed E-state index contributed by atoms with van der Waals surface area (Å²) in [6, 6.07) is 9.18. The van der Waals surface area contributed by atoms with E-state index in [2.05, 4.69) is 48.7 Å². The molecule has 0 spiro atoms. The number of benzene rings is 1. The van der Waals surface area contributed by atoms with E-state index in [4.69, 9.17) is 4.74 Å². The summed E-state index contributed by atoms with van der Waals surface area (Å²) in [5, 5.41) is 6.45. The van der Waals surface area contributed by atoms with Crippen molar-refractivity contribution >= 4 is 11.8 Å². The molecule has 4 heteroatoms. The summed E-state index contributed by atoms with van der Waals surface area (Å²) < 4.78 is 5.27. The highest BCUT2D eigenvalue weighted by Crippen LogP contribution is 2.26. The van der Waals surface area contributed by atoms with Crippen LogP contribution >= 0.6 is 0 Å². The number of anilines is 1. The number of nitrogens with one attached hydrogen (secondary N) is 2. The minimum atomic E-state index is -0.442. The predicted octanol–water partition coefficient (Wildman–Crippen LogP) is 4.28. The zero-order valence-corrected chi connectivity index (χ0v) is 14.3. The minimum Gasteiger partial charge on any atom is -0.444 e. The molecule has 1 fully saturated rings. The highest BCUT2D eigenvalue weighted by atomic mass is 16.6. The topological polar surface area (TPSA) is 50.4 Å². The van der Waals surface area contributed by atoms with Gasteiger partial charge in [0.25, 0.3) is 0 Å². The number of alkyl carbamates (subject to hydrolysis) is 1. The molecule has 0 aromatic heterocycles. The van der Waals surface area contributed by atoms with E-state index in [1.165, 1.54) is 5.56 Å². The Morgan fingerprint density at radius 3 is 2.50 bits per heavy atom. The molecule has 1 aliphatic carbocycles. The highest BCUT2D eigenvalue weighted by Gasteiger charge is 2.31. The summed E-state index contributed by atoms with van der Waals surface area (Å²) >= 11 is 0. The van der Waals surface area contributed by atoms with Gasteiger partial charge in [-0.25, -0.2) is 4.79 Å². The van der Waals surface area contributed by atoms with Crippen molar-refractivity contribution < 1.29 is 9.53 Å². The van der Waals surface area contributed by atoms with Gasteiger partial charge >= 0.3 is 6.09 Å². The Morgan fingerprint density at radius 1 is 1.23 bits per heavy atom. The lowest BCUT2D eigenvalue weighted by Gasteiger charge is -2.37.